The van der Waals surface area contributed by atoms with Crippen molar-refractivity contribution in [2.75, 3.05) is 5.75 Å². The molecule has 20 heavy (non-hydrogen) atoms. The minimum atomic E-state index is -0.834. The van der Waals surface area contributed by atoms with E-state index in [0.29, 0.717) is 0 Å². The van der Waals surface area contributed by atoms with Crippen LogP contribution < -0.4 is 0 Å². The Kier molecular flexibility index (Phi) is 5.09. The topological polar surface area (TPSA) is 55.1 Å². The fraction of sp³-hybridized carbons (Fsp3) is 0.286. The lowest BCUT2D eigenvalue weighted by molar-refractivity contribution is -0.133. The lowest BCUT2D eigenvalue weighted by Gasteiger charge is -2.15. The van der Waals surface area contributed by atoms with Gasteiger partial charge in [-0.15, -0.1) is 6.58 Å². The van der Waals surface area contributed by atoms with Crippen molar-refractivity contribution in [1.29, 1.82) is 0 Å². The number of carboxylic acid groups (broad SMARTS) is 1. The van der Waals surface area contributed by atoms with Crippen LogP contribution in [-0.2, 0) is 4.79 Å². The van der Waals surface area contributed by atoms with Gasteiger partial charge in [-0.3, -0.25) is 4.79 Å². The van der Waals surface area contributed by atoms with Gasteiger partial charge in [0, 0.05) is 9.61 Å². The van der Waals surface area contributed by atoms with Crippen LogP contribution in [0.1, 0.15) is 19.4 Å². The van der Waals surface area contributed by atoms with Gasteiger partial charge >= 0.3 is 5.97 Å². The van der Waals surface area contributed by atoms with Crippen molar-refractivity contribution in [3.8, 4) is 0 Å². The number of imidazole rings is 1. The first-order chi connectivity index (χ1) is 9.52. The van der Waals surface area contributed by atoms with Gasteiger partial charge in [0.2, 0.25) is 0 Å². The molecule has 1 heterocycles. The van der Waals surface area contributed by atoms with Crippen molar-refractivity contribution >= 4 is 51.4 Å². The summed E-state index contributed by atoms with van der Waals surface area (Å²) in [5, 5.41) is 9.60. The number of hydrogen-bond acceptors (Lipinski definition) is 3. The molecule has 4 nitrogen and oxygen atoms in total. The minimum Gasteiger partial charge on any atom is -0.481 e. The molecule has 0 saturated carbocycles. The van der Waals surface area contributed by atoms with Crippen molar-refractivity contribution in [3.63, 3.8) is 0 Å². The molecule has 0 aliphatic heterocycles. The number of allylic oxidation sites excluding steroid dienone is 1. The van der Waals surface area contributed by atoms with Crippen LogP contribution in [-0.4, -0.2) is 26.4 Å². The van der Waals surface area contributed by atoms with E-state index in [0.717, 1.165) is 26.2 Å². The molecule has 0 spiro atoms. The quantitative estimate of drug-likeness (QED) is 0.452. The first-order valence-corrected chi connectivity index (χ1v) is 8.22. The summed E-state index contributed by atoms with van der Waals surface area (Å²) in [5.41, 5.74) is 1.94. The molecule has 2 aromatic rings. The zero-order valence-electron chi connectivity index (χ0n) is 11.0. The molecule has 0 amide bonds. The van der Waals surface area contributed by atoms with E-state index in [4.69, 9.17) is 5.11 Å². The smallest absolute Gasteiger partial charge is 0.313 e. The molecule has 1 unspecified atom stereocenters. The summed E-state index contributed by atoms with van der Waals surface area (Å²) >= 11 is 3.51. The number of thioether (sulfide) groups is 1. The number of carboxylic acids is 1. The molecule has 1 aromatic carbocycles. The summed E-state index contributed by atoms with van der Waals surface area (Å²) in [7, 11) is 0. The Hall–Kier alpha value is -1.02. The molecule has 0 fully saturated rings. The number of fused-ring (bicyclic) bond motifs is 1. The van der Waals surface area contributed by atoms with Crippen LogP contribution in [0.15, 0.2) is 36.0 Å². The van der Waals surface area contributed by atoms with Gasteiger partial charge in [0.25, 0.3) is 0 Å². The van der Waals surface area contributed by atoms with Crippen molar-refractivity contribution < 1.29 is 9.90 Å². The summed E-state index contributed by atoms with van der Waals surface area (Å²) in [5.74, 6) is -0.819. The van der Waals surface area contributed by atoms with Crippen LogP contribution in [0.5, 0.6) is 0 Å². The third-order valence-electron chi connectivity index (χ3n) is 2.89. The average molecular weight is 402 g/mol. The van der Waals surface area contributed by atoms with Gasteiger partial charge in [0.15, 0.2) is 5.16 Å². The number of aliphatic carboxylic acids is 1. The van der Waals surface area contributed by atoms with E-state index in [1.54, 1.807) is 0 Å². The second kappa shape index (κ2) is 6.62. The Morgan fingerprint density at radius 3 is 3.05 bits per heavy atom. The monoisotopic (exact) mass is 402 g/mol. The lowest BCUT2D eigenvalue weighted by atomic mass is 10.2. The van der Waals surface area contributed by atoms with Gasteiger partial charge in [0.05, 0.1) is 16.8 Å². The SMILES string of the molecule is C=CCC(C)n1c(SCC(=O)O)nc2cc(I)ccc21. The Labute approximate surface area is 135 Å². The number of nitrogens with zero attached hydrogens (tertiary/aromatic N) is 2. The van der Waals surface area contributed by atoms with Gasteiger partial charge in [-0.2, -0.15) is 0 Å². The third-order valence-corrected chi connectivity index (χ3v) is 4.50. The summed E-state index contributed by atoms with van der Waals surface area (Å²) in [6.45, 7) is 5.86. The van der Waals surface area contributed by atoms with Crippen molar-refractivity contribution in [3.05, 3.63) is 34.4 Å². The van der Waals surface area contributed by atoms with Crippen molar-refractivity contribution in [2.45, 2.75) is 24.5 Å². The maximum Gasteiger partial charge on any atom is 0.313 e. The highest BCUT2D eigenvalue weighted by atomic mass is 127. The standard InChI is InChI=1S/C14H15IN2O2S/c1-3-4-9(2)17-12-6-5-10(15)7-11(12)16-14(17)20-8-13(18)19/h3,5-7,9H,1,4,8H2,2H3,(H,18,19). The molecule has 0 aliphatic rings. The first kappa shape index (κ1) is 15.4. The molecule has 0 bridgehead atoms. The second-order valence-corrected chi connectivity index (χ2v) is 6.64. The van der Waals surface area contributed by atoms with E-state index in [2.05, 4.69) is 45.6 Å². The average Bonchev–Trinajstić information content (AvgIpc) is 2.74. The third kappa shape index (κ3) is 3.35. The largest absolute Gasteiger partial charge is 0.481 e. The normalized spacial score (nSPS) is 12.5. The van der Waals surface area contributed by atoms with E-state index in [1.807, 2.05) is 24.3 Å². The predicted octanol–water partition coefficient (Wildman–Crippen LogP) is 3.95. The minimum absolute atomic E-state index is 0.0151. The molecule has 106 valence electrons. The Bertz CT molecular complexity index is 654. The highest BCUT2D eigenvalue weighted by Gasteiger charge is 2.16. The number of halogens is 1. The highest BCUT2D eigenvalue weighted by molar-refractivity contribution is 14.1. The van der Waals surface area contributed by atoms with Crippen LogP contribution in [0.4, 0.5) is 0 Å². The Morgan fingerprint density at radius 1 is 1.65 bits per heavy atom. The molecule has 0 radical (unpaired) electrons. The molecular formula is C14H15IN2O2S. The molecule has 2 rings (SSSR count). The van der Waals surface area contributed by atoms with Gasteiger partial charge in [-0.1, -0.05) is 17.8 Å². The van der Waals surface area contributed by atoms with Gasteiger partial charge in [-0.05, 0) is 54.1 Å². The van der Waals surface area contributed by atoms with Gasteiger partial charge in [-0.25, -0.2) is 4.98 Å². The van der Waals surface area contributed by atoms with E-state index in [9.17, 15) is 4.79 Å². The zero-order valence-corrected chi connectivity index (χ0v) is 14.0. The van der Waals surface area contributed by atoms with Crippen molar-refractivity contribution in [2.24, 2.45) is 0 Å². The fourth-order valence-corrected chi connectivity index (χ4v) is 3.36. The molecular weight excluding hydrogens is 387 g/mol. The molecule has 1 N–H and O–H groups in total. The van der Waals surface area contributed by atoms with Gasteiger partial charge < -0.3 is 9.67 Å². The maximum atomic E-state index is 10.8. The van der Waals surface area contributed by atoms with E-state index < -0.39 is 5.97 Å². The van der Waals surface area contributed by atoms with Crippen LogP contribution in [0.25, 0.3) is 11.0 Å². The number of benzene rings is 1. The summed E-state index contributed by atoms with van der Waals surface area (Å²) in [6.07, 6.45) is 2.69. The number of aromatic nitrogens is 2. The van der Waals surface area contributed by atoms with E-state index in [-0.39, 0.29) is 11.8 Å². The van der Waals surface area contributed by atoms with Crippen molar-refractivity contribution in [1.82, 2.24) is 9.55 Å². The van der Waals surface area contributed by atoms with Crippen LogP contribution in [0.3, 0.4) is 0 Å². The van der Waals surface area contributed by atoms with Crippen LogP contribution >= 0.6 is 34.4 Å². The Morgan fingerprint density at radius 2 is 2.40 bits per heavy atom. The molecule has 0 aliphatic carbocycles. The number of hydrogen-bond donors (Lipinski definition) is 1. The maximum absolute atomic E-state index is 10.8. The summed E-state index contributed by atoms with van der Waals surface area (Å²) in [4.78, 5) is 15.3. The summed E-state index contributed by atoms with van der Waals surface area (Å²) < 4.78 is 3.21. The number of carbonyl (C=O) groups is 1. The fourth-order valence-electron chi connectivity index (χ4n) is 2.05. The second-order valence-electron chi connectivity index (χ2n) is 4.45. The van der Waals surface area contributed by atoms with Crippen LogP contribution in [0.2, 0.25) is 0 Å². The van der Waals surface area contributed by atoms with Gasteiger partial charge in [0.1, 0.15) is 0 Å². The lowest BCUT2D eigenvalue weighted by Crippen LogP contribution is -2.07. The number of rotatable bonds is 6. The van der Waals surface area contributed by atoms with E-state index >= 15 is 0 Å². The zero-order chi connectivity index (χ0) is 14.7. The van der Waals surface area contributed by atoms with E-state index in [1.165, 1.54) is 11.8 Å². The molecule has 6 heteroatoms. The molecule has 1 atom stereocenters. The molecule has 1 aromatic heterocycles. The molecule has 0 saturated heterocycles. The highest BCUT2D eigenvalue weighted by Crippen LogP contribution is 2.30. The predicted molar refractivity (Wildman–Crippen MR) is 90.3 cm³/mol. The first-order valence-electron chi connectivity index (χ1n) is 6.16. The Balaban J connectivity index is 2.49. The van der Waals surface area contributed by atoms with Crippen LogP contribution in [0, 0.1) is 3.57 Å². The summed E-state index contributed by atoms with van der Waals surface area (Å²) in [6, 6.07) is 6.29.